The Morgan fingerprint density at radius 1 is 1.45 bits per heavy atom. The van der Waals surface area contributed by atoms with Gasteiger partial charge in [-0.2, -0.15) is 0 Å². The molecule has 1 fully saturated rings. The second-order valence-electron chi connectivity index (χ2n) is 5.48. The van der Waals surface area contributed by atoms with Gasteiger partial charge in [0.2, 0.25) is 0 Å². The maximum absolute atomic E-state index is 9.65. The van der Waals surface area contributed by atoms with Crippen molar-refractivity contribution < 1.29 is 9.84 Å². The summed E-state index contributed by atoms with van der Waals surface area (Å²) in [5, 5.41) is 9.65. The van der Waals surface area contributed by atoms with Crippen molar-refractivity contribution in [3.63, 3.8) is 0 Å². The zero-order valence-electron chi connectivity index (χ0n) is 12.0. The second kappa shape index (κ2) is 7.33. The summed E-state index contributed by atoms with van der Waals surface area (Å²) >= 11 is 0. The van der Waals surface area contributed by atoms with Gasteiger partial charge in [-0.15, -0.1) is 0 Å². The number of aliphatic hydroxyl groups excluding tert-OH is 1. The highest BCUT2D eigenvalue weighted by molar-refractivity contribution is 5.40. The zero-order valence-corrected chi connectivity index (χ0v) is 12.0. The number of ether oxygens (including phenoxy) is 1. The van der Waals surface area contributed by atoms with Crippen molar-refractivity contribution in [2.75, 3.05) is 6.54 Å². The molecule has 3 nitrogen and oxygen atoms in total. The fraction of sp³-hybridized carbons (Fsp3) is 0.529. The van der Waals surface area contributed by atoms with Crippen LogP contribution in [-0.4, -0.2) is 23.9 Å². The van der Waals surface area contributed by atoms with E-state index in [4.69, 9.17) is 10.5 Å². The van der Waals surface area contributed by atoms with E-state index in [2.05, 4.69) is 11.8 Å². The van der Waals surface area contributed by atoms with Gasteiger partial charge in [0.05, 0.1) is 6.10 Å². The lowest BCUT2D eigenvalue weighted by molar-refractivity contribution is 0.115. The summed E-state index contributed by atoms with van der Waals surface area (Å²) in [4.78, 5) is 0. The molecule has 0 amide bonds. The average Bonchev–Trinajstić information content (AvgIpc) is 2.45. The highest BCUT2D eigenvalue weighted by atomic mass is 16.5. The van der Waals surface area contributed by atoms with E-state index in [9.17, 15) is 5.11 Å². The fourth-order valence-electron chi connectivity index (χ4n) is 2.41. The Morgan fingerprint density at radius 3 is 3.05 bits per heavy atom. The molecule has 0 saturated heterocycles. The van der Waals surface area contributed by atoms with E-state index in [1.807, 2.05) is 31.2 Å². The van der Waals surface area contributed by atoms with Gasteiger partial charge in [0.15, 0.2) is 0 Å². The number of hydrogen-bond acceptors (Lipinski definition) is 3. The topological polar surface area (TPSA) is 55.5 Å². The highest BCUT2D eigenvalue weighted by Gasteiger charge is 2.17. The Hall–Kier alpha value is -1.50. The molecule has 3 heteroatoms. The van der Waals surface area contributed by atoms with Gasteiger partial charge in [0, 0.05) is 18.0 Å². The summed E-state index contributed by atoms with van der Waals surface area (Å²) in [6, 6.07) is 7.78. The molecule has 0 radical (unpaired) electrons. The molecule has 1 saturated carbocycles. The number of rotatable bonds is 3. The van der Waals surface area contributed by atoms with E-state index in [0.29, 0.717) is 12.5 Å². The van der Waals surface area contributed by atoms with E-state index in [-0.39, 0.29) is 12.2 Å². The van der Waals surface area contributed by atoms with E-state index in [1.165, 1.54) is 0 Å². The molecule has 108 valence electrons. The van der Waals surface area contributed by atoms with Crippen LogP contribution in [0.5, 0.6) is 5.75 Å². The van der Waals surface area contributed by atoms with Crippen LogP contribution in [0, 0.1) is 17.8 Å². The largest absolute Gasteiger partial charge is 0.489 e. The van der Waals surface area contributed by atoms with Gasteiger partial charge < -0.3 is 15.6 Å². The van der Waals surface area contributed by atoms with Gasteiger partial charge in [0.1, 0.15) is 11.9 Å². The van der Waals surface area contributed by atoms with Crippen molar-refractivity contribution >= 4 is 0 Å². The Bertz CT molecular complexity index is 489. The average molecular weight is 273 g/mol. The van der Waals surface area contributed by atoms with Gasteiger partial charge in [0.25, 0.3) is 0 Å². The molecular formula is C17H23NO2. The molecule has 3 atom stereocenters. The molecule has 3 N–H and O–H groups in total. The second-order valence-corrected chi connectivity index (χ2v) is 5.48. The minimum atomic E-state index is -0.178. The quantitative estimate of drug-likeness (QED) is 0.831. The summed E-state index contributed by atoms with van der Waals surface area (Å²) < 4.78 is 5.68. The maximum Gasteiger partial charge on any atom is 0.121 e. The molecule has 0 aromatic heterocycles. The Labute approximate surface area is 121 Å². The molecule has 3 unspecified atom stereocenters. The standard InChI is InChI=1S/C17H23NO2/c1-13(12-18)20-17-7-3-5-15(11-17)9-8-14-4-2-6-16(19)10-14/h3,5,7,11,13-14,16,19H,2,4,6,10,12,18H2,1H3. The van der Waals surface area contributed by atoms with Crippen LogP contribution < -0.4 is 10.5 Å². The molecule has 20 heavy (non-hydrogen) atoms. The molecule has 1 aromatic rings. The minimum Gasteiger partial charge on any atom is -0.489 e. The maximum atomic E-state index is 9.65. The molecule has 2 rings (SSSR count). The third-order valence-electron chi connectivity index (χ3n) is 3.57. The lowest BCUT2D eigenvalue weighted by Gasteiger charge is -2.21. The molecule has 0 spiro atoms. The summed E-state index contributed by atoms with van der Waals surface area (Å²) in [7, 11) is 0. The summed E-state index contributed by atoms with van der Waals surface area (Å²) in [5.41, 5.74) is 6.50. The predicted molar refractivity (Wildman–Crippen MR) is 80.4 cm³/mol. The Balaban J connectivity index is 2.01. The van der Waals surface area contributed by atoms with Crippen LogP contribution in [0.25, 0.3) is 0 Å². The molecule has 1 aliphatic rings. The van der Waals surface area contributed by atoms with Crippen molar-refractivity contribution in [1.29, 1.82) is 0 Å². The lowest BCUT2D eigenvalue weighted by Crippen LogP contribution is -2.22. The lowest BCUT2D eigenvalue weighted by atomic mass is 9.87. The first kappa shape index (κ1) is 14.9. The molecule has 0 bridgehead atoms. The highest BCUT2D eigenvalue weighted by Crippen LogP contribution is 2.23. The normalized spacial score (nSPS) is 23.6. The van der Waals surface area contributed by atoms with Crippen molar-refractivity contribution in [2.45, 2.75) is 44.8 Å². The number of hydrogen-bond donors (Lipinski definition) is 2. The van der Waals surface area contributed by atoms with Crippen LogP contribution in [0.2, 0.25) is 0 Å². The minimum absolute atomic E-state index is 0.00620. The van der Waals surface area contributed by atoms with Crippen LogP contribution in [-0.2, 0) is 0 Å². The Morgan fingerprint density at radius 2 is 2.30 bits per heavy atom. The van der Waals surface area contributed by atoms with Crippen molar-refractivity contribution in [2.24, 2.45) is 11.7 Å². The first-order valence-corrected chi connectivity index (χ1v) is 7.33. The molecule has 1 aliphatic carbocycles. The first-order valence-electron chi connectivity index (χ1n) is 7.33. The Kier molecular flexibility index (Phi) is 5.46. The smallest absolute Gasteiger partial charge is 0.121 e. The third-order valence-corrected chi connectivity index (χ3v) is 3.57. The van der Waals surface area contributed by atoms with Gasteiger partial charge in [-0.25, -0.2) is 0 Å². The van der Waals surface area contributed by atoms with Gasteiger partial charge >= 0.3 is 0 Å². The van der Waals surface area contributed by atoms with Crippen LogP contribution in [0.3, 0.4) is 0 Å². The number of benzene rings is 1. The summed E-state index contributed by atoms with van der Waals surface area (Å²) in [6.07, 6.45) is 3.70. The molecule has 0 aliphatic heterocycles. The predicted octanol–water partition coefficient (Wildman–Crippen LogP) is 2.32. The fourth-order valence-corrected chi connectivity index (χ4v) is 2.41. The first-order chi connectivity index (χ1) is 9.67. The summed E-state index contributed by atoms with van der Waals surface area (Å²) in [5.74, 6) is 7.58. The monoisotopic (exact) mass is 273 g/mol. The van der Waals surface area contributed by atoms with E-state index < -0.39 is 0 Å². The van der Waals surface area contributed by atoms with E-state index >= 15 is 0 Å². The van der Waals surface area contributed by atoms with Crippen molar-refractivity contribution in [3.05, 3.63) is 29.8 Å². The van der Waals surface area contributed by atoms with Crippen LogP contribution in [0.4, 0.5) is 0 Å². The van der Waals surface area contributed by atoms with Crippen molar-refractivity contribution in [1.82, 2.24) is 0 Å². The molecule has 1 aromatic carbocycles. The van der Waals surface area contributed by atoms with E-state index in [0.717, 1.165) is 37.0 Å². The third kappa shape index (κ3) is 4.56. The van der Waals surface area contributed by atoms with Gasteiger partial charge in [-0.05, 0) is 50.8 Å². The van der Waals surface area contributed by atoms with Crippen LogP contribution in [0.15, 0.2) is 24.3 Å². The van der Waals surface area contributed by atoms with Gasteiger partial charge in [-0.3, -0.25) is 0 Å². The SMILES string of the molecule is CC(CN)Oc1cccc(C#CC2CCCC(O)C2)c1. The number of aliphatic hydroxyl groups is 1. The van der Waals surface area contributed by atoms with Crippen LogP contribution in [0.1, 0.15) is 38.2 Å². The van der Waals surface area contributed by atoms with E-state index in [1.54, 1.807) is 0 Å². The van der Waals surface area contributed by atoms with Gasteiger partial charge in [-0.1, -0.05) is 17.9 Å². The molecule has 0 heterocycles. The van der Waals surface area contributed by atoms with Crippen LogP contribution >= 0.6 is 0 Å². The molecular weight excluding hydrogens is 250 g/mol. The summed E-state index contributed by atoms with van der Waals surface area (Å²) in [6.45, 7) is 2.44. The van der Waals surface area contributed by atoms with Crippen molar-refractivity contribution in [3.8, 4) is 17.6 Å². The number of nitrogens with two attached hydrogens (primary N) is 1. The zero-order chi connectivity index (χ0) is 14.4.